The van der Waals surface area contributed by atoms with Crippen LogP contribution in [0.4, 0.5) is 9.59 Å². The third-order valence-corrected chi connectivity index (χ3v) is 4.23. The van der Waals surface area contributed by atoms with Gasteiger partial charge in [0, 0.05) is 38.8 Å². The number of hydrogen-bond donors (Lipinski definition) is 2. The minimum Gasteiger partial charge on any atom is -0.465 e. The topological polar surface area (TPSA) is 82.1 Å². The molecular formula is C19H29N3O4. The third kappa shape index (κ3) is 6.55. The molecule has 2 amide bonds. The minimum atomic E-state index is -0.896. The summed E-state index contributed by atoms with van der Waals surface area (Å²) in [6.07, 6.45) is -0.525. The van der Waals surface area contributed by atoms with Gasteiger partial charge < -0.3 is 15.2 Å². The van der Waals surface area contributed by atoms with Crippen LogP contribution in [0.5, 0.6) is 0 Å². The number of benzene rings is 1. The van der Waals surface area contributed by atoms with Gasteiger partial charge in [0.15, 0.2) is 0 Å². The molecule has 0 radical (unpaired) electrons. The van der Waals surface area contributed by atoms with Gasteiger partial charge in [0.2, 0.25) is 0 Å². The summed E-state index contributed by atoms with van der Waals surface area (Å²) < 4.78 is 5.21. The lowest BCUT2D eigenvalue weighted by atomic mass is 10.1. The minimum absolute atomic E-state index is 0.0331. The van der Waals surface area contributed by atoms with Gasteiger partial charge in [-0.1, -0.05) is 30.3 Å². The number of nitrogens with one attached hydrogen (secondary N) is 1. The molecule has 0 aliphatic carbocycles. The van der Waals surface area contributed by atoms with E-state index in [-0.39, 0.29) is 6.04 Å². The molecule has 1 aliphatic rings. The second-order valence-corrected chi connectivity index (χ2v) is 7.57. The van der Waals surface area contributed by atoms with E-state index in [2.05, 4.69) is 10.2 Å². The van der Waals surface area contributed by atoms with Crippen LogP contribution in [0, 0.1) is 0 Å². The van der Waals surface area contributed by atoms with Crippen molar-refractivity contribution in [3.63, 3.8) is 0 Å². The summed E-state index contributed by atoms with van der Waals surface area (Å²) in [4.78, 5) is 27.0. The fourth-order valence-electron chi connectivity index (χ4n) is 3.03. The van der Waals surface area contributed by atoms with E-state index in [0.717, 1.165) is 18.5 Å². The van der Waals surface area contributed by atoms with E-state index < -0.39 is 17.8 Å². The lowest BCUT2D eigenvalue weighted by Gasteiger charge is -2.26. The Morgan fingerprint density at radius 2 is 2.00 bits per heavy atom. The maximum absolute atomic E-state index is 11.7. The molecule has 7 heteroatoms. The molecule has 1 unspecified atom stereocenters. The van der Waals surface area contributed by atoms with Crippen LogP contribution in [0.1, 0.15) is 32.8 Å². The summed E-state index contributed by atoms with van der Waals surface area (Å²) in [5.74, 6) is 0. The van der Waals surface area contributed by atoms with Crippen molar-refractivity contribution < 1.29 is 19.4 Å². The first-order valence-electron chi connectivity index (χ1n) is 8.97. The maximum atomic E-state index is 11.7. The number of carboxylic acid groups (broad SMARTS) is 1. The van der Waals surface area contributed by atoms with E-state index in [0.29, 0.717) is 26.2 Å². The highest BCUT2D eigenvalue weighted by Gasteiger charge is 2.30. The first-order chi connectivity index (χ1) is 12.2. The summed E-state index contributed by atoms with van der Waals surface area (Å²) in [6.45, 7) is 8.52. The van der Waals surface area contributed by atoms with Gasteiger partial charge in [0.1, 0.15) is 5.60 Å². The van der Waals surface area contributed by atoms with Gasteiger partial charge in [-0.25, -0.2) is 9.59 Å². The van der Waals surface area contributed by atoms with Gasteiger partial charge in [-0.3, -0.25) is 9.80 Å². The average molecular weight is 363 g/mol. The van der Waals surface area contributed by atoms with Gasteiger partial charge in [-0.15, -0.1) is 0 Å². The normalized spacial score (nSPS) is 17.7. The number of nitrogens with zero attached hydrogens (tertiary/aromatic N) is 2. The fraction of sp³-hybridized carbons (Fsp3) is 0.579. The molecule has 2 rings (SSSR count). The molecule has 1 saturated heterocycles. The lowest BCUT2D eigenvalue weighted by Crippen LogP contribution is -2.42. The molecule has 144 valence electrons. The molecule has 0 saturated carbocycles. The van der Waals surface area contributed by atoms with Crippen molar-refractivity contribution in [1.29, 1.82) is 0 Å². The van der Waals surface area contributed by atoms with E-state index in [1.807, 2.05) is 51.1 Å². The molecular weight excluding hydrogens is 334 g/mol. The van der Waals surface area contributed by atoms with Crippen molar-refractivity contribution in [1.82, 2.24) is 15.1 Å². The summed E-state index contributed by atoms with van der Waals surface area (Å²) in [5.41, 5.74) is 0.474. The second kappa shape index (κ2) is 8.89. The number of hydrogen-bond acceptors (Lipinski definition) is 4. The Bertz CT molecular complexity index is 601. The monoisotopic (exact) mass is 363 g/mol. The second-order valence-electron chi connectivity index (χ2n) is 7.57. The van der Waals surface area contributed by atoms with Gasteiger partial charge in [0.05, 0.1) is 0 Å². The highest BCUT2D eigenvalue weighted by Crippen LogP contribution is 2.18. The first-order valence-corrected chi connectivity index (χ1v) is 8.97. The average Bonchev–Trinajstić information content (AvgIpc) is 3.00. The fourth-order valence-corrected chi connectivity index (χ4v) is 3.03. The Morgan fingerprint density at radius 3 is 2.62 bits per heavy atom. The molecule has 1 aromatic rings. The quantitative estimate of drug-likeness (QED) is 0.812. The van der Waals surface area contributed by atoms with Crippen LogP contribution >= 0.6 is 0 Å². The van der Waals surface area contributed by atoms with E-state index in [9.17, 15) is 14.7 Å². The van der Waals surface area contributed by atoms with Crippen molar-refractivity contribution in [2.45, 2.75) is 45.4 Å². The number of rotatable bonds is 6. The van der Waals surface area contributed by atoms with E-state index in [1.165, 1.54) is 4.90 Å². The molecule has 1 fully saturated rings. The molecule has 1 atom stereocenters. The van der Waals surface area contributed by atoms with Gasteiger partial charge >= 0.3 is 12.2 Å². The van der Waals surface area contributed by atoms with E-state index in [1.54, 1.807) is 0 Å². The zero-order valence-electron chi connectivity index (χ0n) is 15.8. The zero-order valence-corrected chi connectivity index (χ0v) is 15.8. The number of carbonyl (C=O) groups is 2. The van der Waals surface area contributed by atoms with Crippen molar-refractivity contribution in [3.8, 4) is 0 Å². The highest BCUT2D eigenvalue weighted by atomic mass is 16.6. The SMILES string of the molecule is CC(C)(C)OC(=O)NCCN1CCC(N(Cc2ccccc2)C(=O)O)C1. The van der Waals surface area contributed by atoms with E-state index in [4.69, 9.17) is 4.74 Å². The van der Waals surface area contributed by atoms with E-state index >= 15 is 0 Å². The smallest absolute Gasteiger partial charge is 0.407 e. The van der Waals surface area contributed by atoms with Crippen LogP contribution in [0.3, 0.4) is 0 Å². The molecule has 0 aromatic heterocycles. The molecule has 26 heavy (non-hydrogen) atoms. The highest BCUT2D eigenvalue weighted by molar-refractivity contribution is 5.67. The Labute approximate surface area is 154 Å². The number of likely N-dealkylation sites (tertiary alicyclic amines) is 1. The zero-order chi connectivity index (χ0) is 19.2. The molecule has 1 heterocycles. The van der Waals surface area contributed by atoms with Crippen molar-refractivity contribution in [2.75, 3.05) is 26.2 Å². The summed E-state index contributed by atoms with van der Waals surface area (Å²) >= 11 is 0. The van der Waals surface area contributed by atoms with Gasteiger partial charge in [-0.2, -0.15) is 0 Å². The predicted octanol–water partition coefficient (Wildman–Crippen LogP) is 2.77. The van der Waals surface area contributed by atoms with Crippen LogP contribution in [0.25, 0.3) is 0 Å². The van der Waals surface area contributed by atoms with Crippen LogP contribution in [0.2, 0.25) is 0 Å². The molecule has 0 bridgehead atoms. The third-order valence-electron chi connectivity index (χ3n) is 4.23. The summed E-state index contributed by atoms with van der Waals surface area (Å²) in [7, 11) is 0. The van der Waals surface area contributed by atoms with Crippen molar-refractivity contribution in [2.24, 2.45) is 0 Å². The Morgan fingerprint density at radius 1 is 1.31 bits per heavy atom. The van der Waals surface area contributed by atoms with Crippen LogP contribution in [0.15, 0.2) is 30.3 Å². The molecule has 2 N–H and O–H groups in total. The standard InChI is InChI=1S/C19H29N3O4/c1-19(2,3)26-17(23)20-10-12-21-11-9-16(14-21)22(18(24)25)13-15-7-5-4-6-8-15/h4-8,16H,9-14H2,1-3H3,(H,20,23)(H,24,25). The number of amides is 2. The van der Waals surface area contributed by atoms with Crippen LogP contribution in [-0.4, -0.2) is 64.9 Å². The summed E-state index contributed by atoms with van der Waals surface area (Å²) in [5, 5.41) is 12.3. The number of ether oxygens (including phenoxy) is 1. The number of carbonyl (C=O) groups excluding carboxylic acids is 1. The van der Waals surface area contributed by atoms with Crippen LogP contribution in [-0.2, 0) is 11.3 Å². The van der Waals surface area contributed by atoms with Gasteiger partial charge in [-0.05, 0) is 32.8 Å². The summed E-state index contributed by atoms with van der Waals surface area (Å²) in [6, 6.07) is 9.59. The van der Waals surface area contributed by atoms with Gasteiger partial charge in [0.25, 0.3) is 0 Å². The molecule has 1 aromatic carbocycles. The Balaban J connectivity index is 1.78. The van der Waals surface area contributed by atoms with Crippen LogP contribution < -0.4 is 5.32 Å². The Kier molecular flexibility index (Phi) is 6.85. The molecule has 0 spiro atoms. The number of alkyl carbamates (subject to hydrolysis) is 1. The largest absolute Gasteiger partial charge is 0.465 e. The van der Waals surface area contributed by atoms with Crippen molar-refractivity contribution >= 4 is 12.2 Å². The Hall–Kier alpha value is -2.28. The molecule has 1 aliphatic heterocycles. The predicted molar refractivity (Wildman–Crippen MR) is 99.1 cm³/mol. The first kappa shape index (κ1) is 20.0. The lowest BCUT2D eigenvalue weighted by molar-refractivity contribution is 0.0523. The maximum Gasteiger partial charge on any atom is 0.407 e. The van der Waals surface area contributed by atoms with Crippen molar-refractivity contribution in [3.05, 3.63) is 35.9 Å². The molecule has 7 nitrogen and oxygen atoms in total.